The third kappa shape index (κ3) is 4.22. The molecule has 25 heavy (non-hydrogen) atoms. The minimum absolute atomic E-state index is 0.259. The molecule has 0 heterocycles. The Morgan fingerprint density at radius 1 is 0.880 bits per heavy atom. The van der Waals surface area contributed by atoms with Gasteiger partial charge in [-0.25, -0.2) is 8.78 Å². The van der Waals surface area contributed by atoms with E-state index < -0.39 is 12.3 Å². The molecule has 0 nitrogen and oxygen atoms in total. The van der Waals surface area contributed by atoms with Gasteiger partial charge in [0, 0.05) is 5.92 Å². The highest BCUT2D eigenvalue weighted by atomic mass is 19.2. The van der Waals surface area contributed by atoms with Crippen molar-refractivity contribution in [1.29, 1.82) is 0 Å². The van der Waals surface area contributed by atoms with Gasteiger partial charge in [-0.05, 0) is 41.5 Å². The Morgan fingerprint density at radius 2 is 1.64 bits per heavy atom. The highest BCUT2D eigenvalue weighted by Crippen LogP contribution is 2.45. The first-order valence-corrected chi connectivity index (χ1v) is 9.98. The summed E-state index contributed by atoms with van der Waals surface area (Å²) in [5, 5.41) is 2.21. The molecular weight excluding hydrogens is 314 g/mol. The summed E-state index contributed by atoms with van der Waals surface area (Å²) in [5.41, 5.74) is 1.01. The van der Waals surface area contributed by atoms with E-state index in [-0.39, 0.29) is 11.8 Å². The van der Waals surface area contributed by atoms with Gasteiger partial charge in [-0.3, -0.25) is 0 Å². The van der Waals surface area contributed by atoms with Gasteiger partial charge in [-0.15, -0.1) is 0 Å². The normalized spacial score (nSPS) is 26.8. The van der Waals surface area contributed by atoms with Gasteiger partial charge in [0.15, 0.2) is 0 Å². The molecule has 0 radical (unpaired) electrons. The maximum absolute atomic E-state index is 15.0. The van der Waals surface area contributed by atoms with E-state index >= 15 is 0 Å². The Kier molecular flexibility index (Phi) is 6.45. The Labute approximate surface area is 150 Å². The van der Waals surface area contributed by atoms with Crippen molar-refractivity contribution in [1.82, 2.24) is 0 Å². The van der Waals surface area contributed by atoms with E-state index in [4.69, 9.17) is 0 Å². The SMILES string of the molecule is CCCCCCCC1CCC(F)C(F)C1c1cccc2ccccc12. The van der Waals surface area contributed by atoms with Gasteiger partial charge in [-0.2, -0.15) is 0 Å². The van der Waals surface area contributed by atoms with Crippen molar-refractivity contribution in [3.8, 4) is 0 Å². The number of halogens is 2. The number of unbranched alkanes of at least 4 members (excludes halogenated alkanes) is 4. The average Bonchev–Trinajstić information content (AvgIpc) is 2.64. The molecular formula is C23H30F2. The summed E-state index contributed by atoms with van der Waals surface area (Å²) in [6, 6.07) is 14.2. The summed E-state index contributed by atoms with van der Waals surface area (Å²) in [6.07, 6.45) is 5.62. The molecule has 0 spiro atoms. The molecule has 0 bridgehead atoms. The Morgan fingerprint density at radius 3 is 2.48 bits per heavy atom. The number of alkyl halides is 2. The van der Waals surface area contributed by atoms with E-state index in [1.807, 2.05) is 24.3 Å². The van der Waals surface area contributed by atoms with Gasteiger partial charge < -0.3 is 0 Å². The predicted molar refractivity (Wildman–Crippen MR) is 103 cm³/mol. The topological polar surface area (TPSA) is 0 Å². The van der Waals surface area contributed by atoms with Gasteiger partial charge in [0.25, 0.3) is 0 Å². The number of hydrogen-bond acceptors (Lipinski definition) is 0. The van der Waals surface area contributed by atoms with Gasteiger partial charge >= 0.3 is 0 Å². The first-order chi connectivity index (χ1) is 12.2. The van der Waals surface area contributed by atoms with Crippen LogP contribution in [0.25, 0.3) is 10.8 Å². The summed E-state index contributed by atoms with van der Waals surface area (Å²) in [4.78, 5) is 0. The molecule has 1 aliphatic carbocycles. The van der Waals surface area contributed by atoms with Crippen LogP contribution in [0.1, 0.15) is 69.8 Å². The molecule has 2 aromatic rings. The lowest BCUT2D eigenvalue weighted by Crippen LogP contribution is -2.36. The molecule has 1 fully saturated rings. The Hall–Kier alpha value is -1.44. The van der Waals surface area contributed by atoms with Crippen molar-refractivity contribution >= 4 is 10.8 Å². The van der Waals surface area contributed by atoms with Crippen LogP contribution >= 0.6 is 0 Å². The maximum atomic E-state index is 15.0. The molecule has 1 aliphatic rings. The van der Waals surface area contributed by atoms with E-state index in [0.29, 0.717) is 6.42 Å². The molecule has 2 heteroatoms. The zero-order valence-corrected chi connectivity index (χ0v) is 15.3. The third-order valence-electron chi connectivity index (χ3n) is 5.87. The zero-order valence-electron chi connectivity index (χ0n) is 15.3. The Bertz CT molecular complexity index is 661. The monoisotopic (exact) mass is 344 g/mol. The molecule has 4 atom stereocenters. The highest BCUT2D eigenvalue weighted by molar-refractivity contribution is 5.86. The molecule has 1 saturated carbocycles. The standard InChI is InChI=1S/C23H30F2/c1-2-3-4-5-6-11-18-15-16-21(24)23(25)22(18)20-14-9-12-17-10-7-8-13-19(17)20/h7-10,12-14,18,21-23H,2-6,11,15-16H2,1H3. The van der Waals surface area contributed by atoms with E-state index in [1.54, 1.807) is 0 Å². The van der Waals surface area contributed by atoms with Crippen LogP contribution in [0.3, 0.4) is 0 Å². The first-order valence-electron chi connectivity index (χ1n) is 9.98. The fourth-order valence-electron chi connectivity index (χ4n) is 4.50. The summed E-state index contributed by atoms with van der Waals surface area (Å²) < 4.78 is 29.2. The van der Waals surface area contributed by atoms with Crippen LogP contribution in [0.15, 0.2) is 42.5 Å². The second-order valence-corrected chi connectivity index (χ2v) is 7.59. The molecule has 136 valence electrons. The summed E-state index contributed by atoms with van der Waals surface area (Å²) >= 11 is 0. The molecule has 0 aliphatic heterocycles. The lowest BCUT2D eigenvalue weighted by molar-refractivity contribution is 0.0620. The van der Waals surface area contributed by atoms with Crippen LogP contribution in [0.5, 0.6) is 0 Å². The van der Waals surface area contributed by atoms with Crippen molar-refractivity contribution in [2.24, 2.45) is 5.92 Å². The number of hydrogen-bond donors (Lipinski definition) is 0. The largest absolute Gasteiger partial charge is 0.244 e. The second-order valence-electron chi connectivity index (χ2n) is 7.59. The third-order valence-corrected chi connectivity index (χ3v) is 5.87. The van der Waals surface area contributed by atoms with Crippen LogP contribution < -0.4 is 0 Å². The lowest BCUT2D eigenvalue weighted by atomic mass is 9.70. The molecule has 0 N–H and O–H groups in total. The van der Waals surface area contributed by atoms with Crippen LogP contribution in [-0.2, 0) is 0 Å². The Balaban J connectivity index is 1.82. The number of benzene rings is 2. The summed E-state index contributed by atoms with van der Waals surface area (Å²) in [7, 11) is 0. The van der Waals surface area contributed by atoms with Crippen molar-refractivity contribution in [3.63, 3.8) is 0 Å². The molecule has 4 unspecified atom stereocenters. The smallest absolute Gasteiger partial charge is 0.138 e. The number of rotatable bonds is 7. The van der Waals surface area contributed by atoms with Crippen molar-refractivity contribution in [2.75, 3.05) is 0 Å². The average molecular weight is 344 g/mol. The quantitative estimate of drug-likeness (QED) is 0.460. The molecule has 0 aromatic heterocycles. The molecule has 0 amide bonds. The van der Waals surface area contributed by atoms with E-state index in [2.05, 4.69) is 25.1 Å². The first kappa shape index (κ1) is 18.4. The van der Waals surface area contributed by atoms with Crippen LogP contribution in [0.4, 0.5) is 8.78 Å². The molecule has 2 aromatic carbocycles. The predicted octanol–water partition coefficient (Wildman–Crippen LogP) is 7.37. The summed E-state index contributed by atoms with van der Waals surface area (Å²) in [6.45, 7) is 2.22. The fourth-order valence-corrected chi connectivity index (χ4v) is 4.50. The van der Waals surface area contributed by atoms with Crippen molar-refractivity contribution in [3.05, 3.63) is 48.0 Å². The van der Waals surface area contributed by atoms with Gasteiger partial charge in [0.2, 0.25) is 0 Å². The van der Waals surface area contributed by atoms with E-state index in [9.17, 15) is 8.78 Å². The maximum Gasteiger partial charge on any atom is 0.138 e. The lowest BCUT2D eigenvalue weighted by Gasteiger charge is -2.37. The fraction of sp³-hybridized carbons (Fsp3) is 0.565. The summed E-state index contributed by atoms with van der Waals surface area (Å²) in [5.74, 6) is -0.0459. The highest BCUT2D eigenvalue weighted by Gasteiger charge is 2.41. The zero-order chi connectivity index (χ0) is 17.6. The minimum atomic E-state index is -1.37. The van der Waals surface area contributed by atoms with E-state index in [1.165, 1.54) is 25.7 Å². The van der Waals surface area contributed by atoms with Crippen molar-refractivity contribution in [2.45, 2.75) is 76.6 Å². The van der Waals surface area contributed by atoms with Gasteiger partial charge in [0.1, 0.15) is 12.3 Å². The second kappa shape index (κ2) is 8.78. The minimum Gasteiger partial charge on any atom is -0.244 e. The van der Waals surface area contributed by atoms with Gasteiger partial charge in [-0.1, -0.05) is 81.5 Å². The van der Waals surface area contributed by atoms with Crippen molar-refractivity contribution < 1.29 is 8.78 Å². The molecule has 0 saturated heterocycles. The molecule has 3 rings (SSSR count). The van der Waals surface area contributed by atoms with E-state index in [0.717, 1.165) is 35.6 Å². The van der Waals surface area contributed by atoms with Crippen LogP contribution in [0.2, 0.25) is 0 Å². The number of fused-ring (bicyclic) bond motifs is 1. The van der Waals surface area contributed by atoms with Crippen LogP contribution in [-0.4, -0.2) is 12.3 Å². The van der Waals surface area contributed by atoms with Gasteiger partial charge in [0.05, 0.1) is 0 Å². The van der Waals surface area contributed by atoms with Crippen LogP contribution in [0, 0.1) is 5.92 Å².